The minimum absolute atomic E-state index is 0.0420. The summed E-state index contributed by atoms with van der Waals surface area (Å²) in [4.78, 5) is 12.3. The highest BCUT2D eigenvalue weighted by atomic mass is 32.1. The van der Waals surface area contributed by atoms with Crippen LogP contribution in [0.25, 0.3) is 0 Å². The van der Waals surface area contributed by atoms with Crippen LogP contribution in [0.15, 0.2) is 41.8 Å². The van der Waals surface area contributed by atoms with Crippen LogP contribution in [0.4, 0.5) is 5.69 Å². The molecule has 20 heavy (non-hydrogen) atoms. The van der Waals surface area contributed by atoms with Crippen LogP contribution in [-0.4, -0.2) is 5.91 Å². The maximum Gasteiger partial charge on any atom is 0.221 e. The van der Waals surface area contributed by atoms with Gasteiger partial charge in [-0.1, -0.05) is 25.1 Å². The first kappa shape index (κ1) is 14.8. The van der Waals surface area contributed by atoms with E-state index >= 15 is 0 Å². The molecule has 4 heteroatoms. The molecule has 1 amide bonds. The molecular weight excluding hydrogens is 268 g/mol. The first-order valence-corrected chi connectivity index (χ1v) is 7.70. The van der Waals surface area contributed by atoms with Crippen molar-refractivity contribution < 1.29 is 4.79 Å². The Hall–Kier alpha value is -1.65. The Morgan fingerprint density at radius 3 is 2.55 bits per heavy atom. The van der Waals surface area contributed by atoms with Crippen molar-refractivity contribution in [3.8, 4) is 0 Å². The van der Waals surface area contributed by atoms with Crippen molar-refractivity contribution in [3.63, 3.8) is 0 Å². The van der Waals surface area contributed by atoms with Crippen molar-refractivity contribution in [1.82, 2.24) is 5.32 Å². The Bertz CT molecular complexity index is 534. The molecule has 0 saturated heterocycles. The van der Waals surface area contributed by atoms with E-state index < -0.39 is 0 Å². The normalized spacial score (nSPS) is 12.1. The number of carbonyl (C=O) groups is 1. The van der Waals surface area contributed by atoms with Crippen LogP contribution >= 0.6 is 11.3 Å². The van der Waals surface area contributed by atoms with Gasteiger partial charge >= 0.3 is 0 Å². The summed E-state index contributed by atoms with van der Waals surface area (Å²) in [7, 11) is 0. The highest BCUT2D eigenvalue weighted by Crippen LogP contribution is 2.22. The highest BCUT2D eigenvalue weighted by molar-refractivity contribution is 7.10. The van der Waals surface area contributed by atoms with Crippen molar-refractivity contribution in [3.05, 3.63) is 52.2 Å². The quantitative estimate of drug-likeness (QED) is 0.845. The first-order valence-electron chi connectivity index (χ1n) is 6.82. The number of rotatable bonds is 6. The zero-order valence-electron chi connectivity index (χ0n) is 11.8. The Kier molecular flexibility index (Phi) is 5.32. The van der Waals surface area contributed by atoms with Crippen LogP contribution < -0.4 is 10.6 Å². The topological polar surface area (TPSA) is 41.1 Å². The van der Waals surface area contributed by atoms with E-state index in [-0.39, 0.29) is 5.91 Å². The van der Waals surface area contributed by atoms with E-state index in [1.165, 1.54) is 17.4 Å². The number of thiophene rings is 1. The molecule has 2 N–H and O–H groups in total. The van der Waals surface area contributed by atoms with Crippen LogP contribution in [-0.2, 0) is 11.3 Å². The largest absolute Gasteiger partial charge is 0.326 e. The number of amides is 1. The molecule has 0 aliphatic heterocycles. The third kappa shape index (κ3) is 4.18. The summed E-state index contributed by atoms with van der Waals surface area (Å²) in [5.74, 6) is -0.0420. The summed E-state index contributed by atoms with van der Waals surface area (Å²) in [6.45, 7) is 4.54. The smallest absolute Gasteiger partial charge is 0.221 e. The Labute approximate surface area is 124 Å². The monoisotopic (exact) mass is 288 g/mol. The Morgan fingerprint density at radius 1 is 1.25 bits per heavy atom. The van der Waals surface area contributed by atoms with E-state index in [1.807, 2.05) is 24.3 Å². The molecule has 0 fully saturated rings. The maximum atomic E-state index is 11.0. The molecule has 2 rings (SSSR count). The number of benzene rings is 1. The standard InChI is InChI=1S/C16H20N2OS/c1-3-15(16-5-4-10-20-16)17-11-13-6-8-14(9-7-13)18-12(2)19/h4-10,15,17H,3,11H2,1-2H3,(H,18,19). The average Bonchev–Trinajstić information content (AvgIpc) is 2.95. The van der Waals surface area contributed by atoms with Gasteiger partial charge in [-0.3, -0.25) is 4.79 Å². The summed E-state index contributed by atoms with van der Waals surface area (Å²) in [5, 5.41) is 8.46. The Balaban J connectivity index is 1.91. The molecule has 3 nitrogen and oxygen atoms in total. The lowest BCUT2D eigenvalue weighted by molar-refractivity contribution is -0.114. The maximum absolute atomic E-state index is 11.0. The predicted molar refractivity (Wildman–Crippen MR) is 84.9 cm³/mol. The van der Waals surface area contributed by atoms with Crippen LogP contribution in [0.5, 0.6) is 0 Å². The molecule has 1 heterocycles. The lowest BCUT2D eigenvalue weighted by Gasteiger charge is -2.15. The lowest BCUT2D eigenvalue weighted by atomic mass is 10.1. The number of carbonyl (C=O) groups excluding carboxylic acids is 1. The van der Waals surface area contributed by atoms with Crippen molar-refractivity contribution in [2.24, 2.45) is 0 Å². The summed E-state index contributed by atoms with van der Waals surface area (Å²) in [6, 6.07) is 12.6. The Morgan fingerprint density at radius 2 is 2.00 bits per heavy atom. The lowest BCUT2D eigenvalue weighted by Crippen LogP contribution is -2.19. The summed E-state index contributed by atoms with van der Waals surface area (Å²) in [5.41, 5.74) is 2.06. The molecule has 0 aliphatic carbocycles. The number of hydrogen-bond acceptors (Lipinski definition) is 3. The van der Waals surface area contributed by atoms with Crippen LogP contribution in [0.2, 0.25) is 0 Å². The van der Waals surface area contributed by atoms with E-state index in [2.05, 4.69) is 35.1 Å². The van der Waals surface area contributed by atoms with E-state index in [4.69, 9.17) is 0 Å². The van der Waals surface area contributed by atoms with Crippen LogP contribution in [0, 0.1) is 0 Å². The van der Waals surface area contributed by atoms with Gasteiger partial charge in [-0.05, 0) is 35.6 Å². The first-order chi connectivity index (χ1) is 9.69. The molecule has 0 spiro atoms. The zero-order valence-corrected chi connectivity index (χ0v) is 12.7. The van der Waals surface area contributed by atoms with Gasteiger partial charge in [-0.25, -0.2) is 0 Å². The second kappa shape index (κ2) is 7.22. The molecule has 0 bridgehead atoms. The second-order valence-electron chi connectivity index (χ2n) is 4.74. The van der Waals surface area contributed by atoms with Gasteiger partial charge in [0.05, 0.1) is 0 Å². The van der Waals surface area contributed by atoms with Gasteiger partial charge in [-0.15, -0.1) is 11.3 Å². The number of nitrogens with one attached hydrogen (secondary N) is 2. The predicted octanol–water partition coefficient (Wildman–Crippen LogP) is 3.95. The van der Waals surface area contributed by atoms with Crippen molar-refractivity contribution in [1.29, 1.82) is 0 Å². The third-order valence-electron chi connectivity index (χ3n) is 3.12. The van der Waals surface area contributed by atoms with Crippen molar-refractivity contribution in [2.75, 3.05) is 5.32 Å². The van der Waals surface area contributed by atoms with E-state index in [0.717, 1.165) is 18.7 Å². The van der Waals surface area contributed by atoms with Gasteiger partial charge in [-0.2, -0.15) is 0 Å². The fraction of sp³-hybridized carbons (Fsp3) is 0.312. The molecule has 1 atom stereocenters. The van der Waals surface area contributed by atoms with E-state index in [9.17, 15) is 4.79 Å². The van der Waals surface area contributed by atoms with Crippen molar-refractivity contribution >= 4 is 22.9 Å². The van der Waals surface area contributed by atoms with Gasteiger partial charge in [0.15, 0.2) is 0 Å². The summed E-state index contributed by atoms with van der Waals surface area (Å²) >= 11 is 1.79. The van der Waals surface area contributed by atoms with Gasteiger partial charge in [0.1, 0.15) is 0 Å². The SMILES string of the molecule is CCC(NCc1ccc(NC(C)=O)cc1)c1cccs1. The molecule has 1 aromatic carbocycles. The molecule has 0 radical (unpaired) electrons. The fourth-order valence-electron chi connectivity index (χ4n) is 2.09. The van der Waals surface area contributed by atoms with Crippen LogP contribution in [0.1, 0.15) is 36.8 Å². The number of anilines is 1. The van der Waals surface area contributed by atoms with Gasteiger partial charge < -0.3 is 10.6 Å². The third-order valence-corrected chi connectivity index (χ3v) is 4.11. The second-order valence-corrected chi connectivity index (χ2v) is 5.71. The fourth-order valence-corrected chi connectivity index (χ4v) is 2.97. The molecule has 0 saturated carbocycles. The average molecular weight is 288 g/mol. The molecule has 2 aromatic rings. The van der Waals surface area contributed by atoms with Gasteiger partial charge in [0.2, 0.25) is 5.91 Å². The molecular formula is C16H20N2OS. The minimum Gasteiger partial charge on any atom is -0.326 e. The number of hydrogen-bond donors (Lipinski definition) is 2. The molecule has 1 unspecified atom stereocenters. The summed E-state index contributed by atoms with van der Waals surface area (Å²) in [6.07, 6.45) is 1.07. The molecule has 1 aromatic heterocycles. The van der Waals surface area contributed by atoms with Crippen molar-refractivity contribution in [2.45, 2.75) is 32.9 Å². The zero-order chi connectivity index (χ0) is 14.4. The molecule has 0 aliphatic rings. The van der Waals surface area contributed by atoms with Crippen LogP contribution in [0.3, 0.4) is 0 Å². The van der Waals surface area contributed by atoms with E-state index in [1.54, 1.807) is 11.3 Å². The minimum atomic E-state index is -0.0420. The van der Waals surface area contributed by atoms with Gasteiger partial charge in [0.25, 0.3) is 0 Å². The highest BCUT2D eigenvalue weighted by Gasteiger charge is 2.09. The summed E-state index contributed by atoms with van der Waals surface area (Å²) < 4.78 is 0. The van der Waals surface area contributed by atoms with Gasteiger partial charge in [0, 0.05) is 30.1 Å². The molecule has 106 valence electrons. The van der Waals surface area contributed by atoms with E-state index in [0.29, 0.717) is 6.04 Å².